The largest absolute Gasteiger partial charge is 0.481 e. The standard InChI is InChI=1S/C21H22N6O6S/c1-11(25-20(22)23)17-14-8-7-12(9-15(14)19(31)26-17)18(30)21(24,10-16(28)29)27-34(32,33)13-5-3-2-4-6-13/h2-9,11,27H,10,24H2,1H3,(H,28,29)(H4,22,23,25)/t11?,21-/m0/s1. The Balaban J connectivity index is 1.99. The average Bonchev–Trinajstić information content (AvgIpc) is 3.08. The number of hydrogen-bond donors (Lipinski definition) is 5. The molecule has 0 fully saturated rings. The highest BCUT2D eigenvalue weighted by Crippen LogP contribution is 2.25. The van der Waals surface area contributed by atoms with Crippen LogP contribution < -0.4 is 21.9 Å². The summed E-state index contributed by atoms with van der Waals surface area (Å²) in [6.45, 7) is 1.62. The Kier molecular flexibility index (Phi) is 6.63. The topological polar surface area (TPSA) is 220 Å². The second-order valence-corrected chi connectivity index (χ2v) is 9.26. The van der Waals surface area contributed by atoms with Gasteiger partial charge in [0.15, 0.2) is 17.4 Å². The van der Waals surface area contributed by atoms with Gasteiger partial charge >= 0.3 is 5.97 Å². The van der Waals surface area contributed by atoms with Crippen molar-refractivity contribution in [3.05, 3.63) is 65.2 Å². The normalized spacial score (nSPS) is 15.6. The maximum atomic E-state index is 13.3. The summed E-state index contributed by atoms with van der Waals surface area (Å²) in [4.78, 5) is 44.8. The number of hydrogen-bond acceptors (Lipinski definition) is 7. The summed E-state index contributed by atoms with van der Waals surface area (Å²) >= 11 is 0. The number of nitrogens with two attached hydrogens (primary N) is 3. The van der Waals surface area contributed by atoms with Gasteiger partial charge in [-0.25, -0.2) is 18.4 Å². The van der Waals surface area contributed by atoms with E-state index in [0.29, 0.717) is 5.56 Å². The molecule has 0 radical (unpaired) electrons. The number of fused-ring (bicyclic) bond motifs is 1. The van der Waals surface area contributed by atoms with E-state index in [-0.39, 0.29) is 27.7 Å². The summed E-state index contributed by atoms with van der Waals surface area (Å²) in [5.41, 5.74) is 14.8. The molecule has 2 aromatic rings. The predicted octanol–water partition coefficient (Wildman–Crippen LogP) is -0.418. The Morgan fingerprint density at radius 3 is 2.38 bits per heavy atom. The van der Waals surface area contributed by atoms with E-state index in [9.17, 15) is 27.9 Å². The molecule has 3 rings (SSSR count). The number of carbonyl (C=O) groups is 3. The van der Waals surface area contributed by atoms with Gasteiger partial charge in [0.1, 0.15) is 0 Å². The minimum atomic E-state index is -4.36. The fourth-order valence-corrected chi connectivity index (χ4v) is 4.75. The van der Waals surface area contributed by atoms with Gasteiger partial charge in [-0.05, 0) is 25.1 Å². The molecule has 0 aliphatic carbocycles. The van der Waals surface area contributed by atoms with Crippen LogP contribution in [0.15, 0.2) is 63.4 Å². The highest BCUT2D eigenvalue weighted by molar-refractivity contribution is 7.89. The number of aliphatic imine (C=N–C) groups is 2. The Morgan fingerprint density at radius 1 is 1.15 bits per heavy atom. The van der Waals surface area contributed by atoms with E-state index in [4.69, 9.17) is 17.2 Å². The number of guanidine groups is 1. The fourth-order valence-electron chi connectivity index (χ4n) is 3.48. The zero-order valence-corrected chi connectivity index (χ0v) is 18.7. The number of nitrogens with zero attached hydrogens (tertiary/aromatic N) is 2. The molecule has 0 spiro atoms. The Morgan fingerprint density at radius 2 is 1.79 bits per heavy atom. The highest BCUT2D eigenvalue weighted by Gasteiger charge is 2.42. The first-order valence-electron chi connectivity index (χ1n) is 9.84. The number of carboxylic acid groups (broad SMARTS) is 1. The number of ketones is 1. The molecule has 0 aromatic heterocycles. The van der Waals surface area contributed by atoms with E-state index >= 15 is 0 Å². The lowest BCUT2D eigenvalue weighted by Gasteiger charge is -2.27. The lowest BCUT2D eigenvalue weighted by Crippen LogP contribution is -2.62. The van der Waals surface area contributed by atoms with Gasteiger partial charge < -0.3 is 22.3 Å². The van der Waals surface area contributed by atoms with Gasteiger partial charge in [-0.2, -0.15) is 4.72 Å². The van der Waals surface area contributed by atoms with E-state index in [1.807, 2.05) is 4.72 Å². The maximum Gasteiger partial charge on any atom is 0.307 e. The van der Waals surface area contributed by atoms with Gasteiger partial charge in [-0.15, -0.1) is 0 Å². The zero-order valence-electron chi connectivity index (χ0n) is 17.9. The number of aliphatic carboxylic acids is 1. The number of nitrogens with one attached hydrogen (secondary N) is 1. The summed E-state index contributed by atoms with van der Waals surface area (Å²) < 4.78 is 27.5. The minimum Gasteiger partial charge on any atom is -0.481 e. The van der Waals surface area contributed by atoms with E-state index < -0.39 is 45.8 Å². The molecule has 12 nitrogen and oxygen atoms in total. The van der Waals surface area contributed by atoms with Crippen molar-refractivity contribution in [1.29, 1.82) is 0 Å². The summed E-state index contributed by atoms with van der Waals surface area (Å²) in [5, 5.41) is 9.30. The molecule has 1 amide bonds. The first kappa shape index (κ1) is 24.7. The van der Waals surface area contributed by atoms with E-state index in [1.165, 1.54) is 42.5 Å². The van der Waals surface area contributed by atoms with E-state index in [2.05, 4.69) is 9.98 Å². The number of carboxylic acids is 1. The molecule has 13 heteroatoms. The third kappa shape index (κ3) is 5.01. The lowest BCUT2D eigenvalue weighted by molar-refractivity contribution is -0.138. The second kappa shape index (κ2) is 9.13. The summed E-state index contributed by atoms with van der Waals surface area (Å²) in [7, 11) is -4.36. The summed E-state index contributed by atoms with van der Waals surface area (Å²) in [6.07, 6.45) is -1.05. The van der Waals surface area contributed by atoms with Crippen LogP contribution in [0, 0.1) is 0 Å². The Labute approximate surface area is 194 Å². The van der Waals surface area contributed by atoms with Crippen molar-refractivity contribution in [3.63, 3.8) is 0 Å². The molecule has 0 bridgehead atoms. The quantitative estimate of drug-likeness (QED) is 0.134. The Bertz CT molecular complexity index is 1330. The molecular weight excluding hydrogens is 464 g/mol. The van der Waals surface area contributed by atoms with Gasteiger partial charge in [0.2, 0.25) is 10.0 Å². The zero-order chi connectivity index (χ0) is 25.3. The van der Waals surface area contributed by atoms with Crippen molar-refractivity contribution in [2.75, 3.05) is 0 Å². The van der Waals surface area contributed by atoms with Crippen LogP contribution in [0.1, 0.15) is 39.6 Å². The smallest absolute Gasteiger partial charge is 0.307 e. The molecule has 178 valence electrons. The minimum absolute atomic E-state index is 0.0436. The molecule has 34 heavy (non-hydrogen) atoms. The van der Waals surface area contributed by atoms with Crippen LogP contribution in [0.4, 0.5) is 0 Å². The molecule has 2 aromatic carbocycles. The molecule has 1 aliphatic heterocycles. The first-order chi connectivity index (χ1) is 15.8. The van der Waals surface area contributed by atoms with Crippen LogP contribution in [0.3, 0.4) is 0 Å². The first-order valence-corrected chi connectivity index (χ1v) is 11.3. The van der Waals surface area contributed by atoms with Crippen LogP contribution in [-0.4, -0.2) is 54.6 Å². The van der Waals surface area contributed by atoms with Crippen LogP contribution in [0.5, 0.6) is 0 Å². The molecule has 2 atom stereocenters. The number of carbonyl (C=O) groups excluding carboxylic acids is 2. The average molecular weight is 487 g/mol. The number of Topliss-reactive ketones (excluding diaryl/α,β-unsaturated/α-hetero) is 1. The summed E-state index contributed by atoms with van der Waals surface area (Å²) in [5.74, 6) is -3.42. The monoisotopic (exact) mass is 486 g/mol. The number of amides is 1. The van der Waals surface area contributed by atoms with E-state index in [1.54, 1.807) is 13.0 Å². The third-order valence-electron chi connectivity index (χ3n) is 4.95. The summed E-state index contributed by atoms with van der Waals surface area (Å²) in [6, 6.07) is 10.3. The lowest BCUT2D eigenvalue weighted by atomic mass is 9.92. The van der Waals surface area contributed by atoms with Gasteiger partial charge in [0.05, 0.1) is 28.6 Å². The van der Waals surface area contributed by atoms with Crippen molar-refractivity contribution >= 4 is 39.4 Å². The highest BCUT2D eigenvalue weighted by atomic mass is 32.2. The molecule has 1 unspecified atom stereocenters. The molecule has 1 aliphatic rings. The molecule has 8 N–H and O–H groups in total. The molecular formula is C21H22N6O6S. The number of rotatable bonds is 9. The SMILES string of the molecule is CC(N=C(N)N)C1=NC(=O)c2cc(C(=O)[C@](N)(CC(=O)O)NS(=O)(=O)c3ccccc3)ccc21. The van der Waals surface area contributed by atoms with Crippen LogP contribution in [0.25, 0.3) is 0 Å². The van der Waals surface area contributed by atoms with Crippen LogP contribution in [-0.2, 0) is 14.8 Å². The van der Waals surface area contributed by atoms with Crippen LogP contribution >= 0.6 is 0 Å². The number of sulfonamides is 1. The van der Waals surface area contributed by atoms with Crippen molar-refractivity contribution in [2.45, 2.75) is 29.9 Å². The Hall–Kier alpha value is -3.94. The molecule has 0 saturated carbocycles. The van der Waals surface area contributed by atoms with Crippen LogP contribution in [0.2, 0.25) is 0 Å². The van der Waals surface area contributed by atoms with Crippen molar-refractivity contribution in [3.8, 4) is 0 Å². The van der Waals surface area contributed by atoms with Gasteiger partial charge in [-0.1, -0.05) is 30.3 Å². The van der Waals surface area contributed by atoms with Crippen molar-refractivity contribution in [1.82, 2.24) is 4.72 Å². The van der Waals surface area contributed by atoms with Crippen molar-refractivity contribution < 1.29 is 27.9 Å². The third-order valence-corrected chi connectivity index (χ3v) is 6.48. The fraction of sp³-hybridized carbons (Fsp3) is 0.190. The van der Waals surface area contributed by atoms with Gasteiger partial charge in [0, 0.05) is 11.1 Å². The van der Waals surface area contributed by atoms with Gasteiger partial charge in [0.25, 0.3) is 5.91 Å². The number of benzene rings is 2. The van der Waals surface area contributed by atoms with E-state index in [0.717, 1.165) is 0 Å². The second-order valence-electron chi connectivity index (χ2n) is 7.58. The molecule has 0 saturated heterocycles. The van der Waals surface area contributed by atoms with Gasteiger partial charge in [-0.3, -0.25) is 14.4 Å². The van der Waals surface area contributed by atoms with Crippen molar-refractivity contribution in [2.24, 2.45) is 27.2 Å². The maximum absolute atomic E-state index is 13.3. The molecule has 1 heterocycles. The predicted molar refractivity (Wildman–Crippen MR) is 123 cm³/mol.